The van der Waals surface area contributed by atoms with E-state index in [1.54, 1.807) is 0 Å². The van der Waals surface area contributed by atoms with Gasteiger partial charge in [-0.2, -0.15) is 0 Å². The second kappa shape index (κ2) is 4.94. The van der Waals surface area contributed by atoms with Crippen LogP contribution in [0.25, 0.3) is 0 Å². The molecule has 0 aromatic rings. The van der Waals surface area contributed by atoms with E-state index in [0.717, 1.165) is 18.9 Å². The van der Waals surface area contributed by atoms with Gasteiger partial charge in [0.2, 0.25) is 0 Å². The van der Waals surface area contributed by atoms with Crippen molar-refractivity contribution in [2.75, 3.05) is 6.54 Å². The van der Waals surface area contributed by atoms with Crippen LogP contribution in [-0.4, -0.2) is 12.3 Å². The molecular formula is C10H23N3. The predicted molar refractivity (Wildman–Crippen MR) is 56.0 cm³/mol. The van der Waals surface area contributed by atoms with Crippen LogP contribution in [0.2, 0.25) is 0 Å². The second-order valence-corrected chi connectivity index (χ2v) is 4.26. The zero-order chi connectivity index (χ0) is 9.73. The Bertz CT molecular complexity index is 139. The minimum atomic E-state index is -0.642. The SMILES string of the molecule is CCNC(N)(N)CCC1CCCC1. The van der Waals surface area contributed by atoms with Gasteiger partial charge < -0.3 is 11.5 Å². The highest BCUT2D eigenvalue weighted by Crippen LogP contribution is 2.29. The van der Waals surface area contributed by atoms with Gasteiger partial charge >= 0.3 is 0 Å². The summed E-state index contributed by atoms with van der Waals surface area (Å²) in [7, 11) is 0. The second-order valence-electron chi connectivity index (χ2n) is 4.26. The van der Waals surface area contributed by atoms with E-state index in [0.29, 0.717) is 0 Å². The molecule has 0 amide bonds. The van der Waals surface area contributed by atoms with Gasteiger partial charge in [0.25, 0.3) is 0 Å². The molecule has 1 fully saturated rings. The summed E-state index contributed by atoms with van der Waals surface area (Å²) in [5.74, 6) is 0.238. The lowest BCUT2D eigenvalue weighted by atomic mass is 9.99. The fourth-order valence-corrected chi connectivity index (χ4v) is 2.16. The molecule has 0 bridgehead atoms. The van der Waals surface area contributed by atoms with E-state index in [2.05, 4.69) is 5.32 Å². The maximum Gasteiger partial charge on any atom is 0.118 e. The molecule has 1 rings (SSSR count). The molecule has 13 heavy (non-hydrogen) atoms. The Kier molecular flexibility index (Phi) is 4.16. The summed E-state index contributed by atoms with van der Waals surface area (Å²) < 4.78 is 0. The number of nitrogens with one attached hydrogen (secondary N) is 1. The molecule has 0 heterocycles. The highest BCUT2D eigenvalue weighted by Gasteiger charge is 2.21. The van der Waals surface area contributed by atoms with Crippen LogP contribution in [0.5, 0.6) is 0 Å². The maximum atomic E-state index is 5.87. The van der Waals surface area contributed by atoms with Crippen molar-refractivity contribution >= 4 is 0 Å². The Hall–Kier alpha value is -0.120. The van der Waals surface area contributed by atoms with Gasteiger partial charge in [-0.05, 0) is 25.3 Å². The van der Waals surface area contributed by atoms with Crippen LogP contribution in [0.15, 0.2) is 0 Å². The van der Waals surface area contributed by atoms with E-state index in [9.17, 15) is 0 Å². The minimum Gasteiger partial charge on any atom is -0.301 e. The van der Waals surface area contributed by atoms with Gasteiger partial charge in [-0.25, -0.2) is 0 Å². The van der Waals surface area contributed by atoms with E-state index in [-0.39, 0.29) is 0 Å². The molecule has 0 radical (unpaired) electrons. The average molecular weight is 185 g/mol. The molecule has 3 heteroatoms. The Morgan fingerprint density at radius 2 is 1.92 bits per heavy atom. The first-order valence-corrected chi connectivity index (χ1v) is 5.47. The fourth-order valence-electron chi connectivity index (χ4n) is 2.16. The standard InChI is InChI=1S/C10H23N3/c1-2-13-10(11,12)8-7-9-5-3-4-6-9/h9,13H,2-8,11-12H2,1H3. The highest BCUT2D eigenvalue weighted by molar-refractivity contribution is 4.76. The topological polar surface area (TPSA) is 64.1 Å². The van der Waals surface area contributed by atoms with Crippen molar-refractivity contribution in [3.8, 4) is 0 Å². The Morgan fingerprint density at radius 1 is 1.31 bits per heavy atom. The zero-order valence-corrected chi connectivity index (χ0v) is 8.68. The van der Waals surface area contributed by atoms with Gasteiger partial charge in [-0.1, -0.05) is 32.6 Å². The van der Waals surface area contributed by atoms with E-state index in [1.807, 2.05) is 6.92 Å². The Morgan fingerprint density at radius 3 is 2.46 bits per heavy atom. The van der Waals surface area contributed by atoms with Crippen LogP contribution < -0.4 is 16.8 Å². The normalized spacial score (nSPS) is 19.6. The van der Waals surface area contributed by atoms with Crippen LogP contribution in [0.3, 0.4) is 0 Å². The number of nitrogens with two attached hydrogens (primary N) is 2. The minimum absolute atomic E-state index is 0.642. The first-order chi connectivity index (χ1) is 6.14. The van der Waals surface area contributed by atoms with Crippen LogP contribution in [0.1, 0.15) is 45.4 Å². The fraction of sp³-hybridized carbons (Fsp3) is 1.00. The molecule has 0 aromatic carbocycles. The molecular weight excluding hydrogens is 162 g/mol. The lowest BCUT2D eigenvalue weighted by molar-refractivity contribution is 0.295. The summed E-state index contributed by atoms with van der Waals surface area (Å²) in [6.45, 7) is 2.88. The van der Waals surface area contributed by atoms with Gasteiger partial charge in [-0.15, -0.1) is 0 Å². The summed E-state index contributed by atoms with van der Waals surface area (Å²) >= 11 is 0. The van der Waals surface area contributed by atoms with Crippen LogP contribution in [-0.2, 0) is 0 Å². The first kappa shape index (κ1) is 11.0. The average Bonchev–Trinajstić information content (AvgIpc) is 2.52. The summed E-state index contributed by atoms with van der Waals surface area (Å²) in [6.07, 6.45) is 7.62. The smallest absolute Gasteiger partial charge is 0.118 e. The number of hydrogen-bond acceptors (Lipinski definition) is 3. The molecule has 1 aliphatic rings. The molecule has 1 saturated carbocycles. The quantitative estimate of drug-likeness (QED) is 0.563. The van der Waals surface area contributed by atoms with Crippen molar-refractivity contribution in [1.82, 2.24) is 5.32 Å². The first-order valence-electron chi connectivity index (χ1n) is 5.47. The van der Waals surface area contributed by atoms with Crippen molar-refractivity contribution in [2.45, 2.75) is 51.2 Å². The molecule has 0 spiro atoms. The van der Waals surface area contributed by atoms with Crippen molar-refractivity contribution in [2.24, 2.45) is 17.4 Å². The van der Waals surface area contributed by atoms with Gasteiger partial charge in [0, 0.05) is 0 Å². The summed E-state index contributed by atoms with van der Waals surface area (Å²) in [5, 5.41) is 3.10. The third kappa shape index (κ3) is 4.07. The van der Waals surface area contributed by atoms with Gasteiger partial charge in [-0.3, -0.25) is 5.32 Å². The van der Waals surface area contributed by atoms with E-state index in [1.165, 1.54) is 32.1 Å². The van der Waals surface area contributed by atoms with Crippen molar-refractivity contribution < 1.29 is 0 Å². The van der Waals surface area contributed by atoms with Crippen molar-refractivity contribution in [1.29, 1.82) is 0 Å². The molecule has 0 aromatic heterocycles. The molecule has 0 unspecified atom stereocenters. The van der Waals surface area contributed by atoms with Gasteiger partial charge in [0.15, 0.2) is 0 Å². The third-order valence-corrected chi connectivity index (χ3v) is 2.95. The van der Waals surface area contributed by atoms with E-state index >= 15 is 0 Å². The molecule has 5 N–H and O–H groups in total. The largest absolute Gasteiger partial charge is 0.301 e. The lowest BCUT2D eigenvalue weighted by Crippen LogP contribution is -2.61. The number of rotatable bonds is 5. The Labute approximate surface area is 81.2 Å². The molecule has 1 aliphatic carbocycles. The van der Waals surface area contributed by atoms with Crippen LogP contribution in [0, 0.1) is 5.92 Å². The van der Waals surface area contributed by atoms with Gasteiger partial charge in [0.1, 0.15) is 5.79 Å². The van der Waals surface area contributed by atoms with E-state index in [4.69, 9.17) is 11.5 Å². The van der Waals surface area contributed by atoms with Crippen LogP contribution >= 0.6 is 0 Å². The van der Waals surface area contributed by atoms with Crippen molar-refractivity contribution in [3.63, 3.8) is 0 Å². The summed E-state index contributed by atoms with van der Waals surface area (Å²) in [6, 6.07) is 0. The third-order valence-electron chi connectivity index (χ3n) is 2.95. The number of hydrogen-bond donors (Lipinski definition) is 3. The monoisotopic (exact) mass is 185 g/mol. The molecule has 78 valence electrons. The van der Waals surface area contributed by atoms with Crippen molar-refractivity contribution in [3.05, 3.63) is 0 Å². The molecule has 0 saturated heterocycles. The van der Waals surface area contributed by atoms with Gasteiger partial charge in [0.05, 0.1) is 0 Å². The molecule has 0 atom stereocenters. The summed E-state index contributed by atoms with van der Waals surface area (Å²) in [5.41, 5.74) is 11.7. The summed E-state index contributed by atoms with van der Waals surface area (Å²) in [4.78, 5) is 0. The highest BCUT2D eigenvalue weighted by atomic mass is 15.2. The lowest BCUT2D eigenvalue weighted by Gasteiger charge is -2.26. The predicted octanol–water partition coefficient (Wildman–Crippen LogP) is 1.14. The molecule has 3 nitrogen and oxygen atoms in total. The Balaban J connectivity index is 2.15. The maximum absolute atomic E-state index is 5.87. The van der Waals surface area contributed by atoms with Crippen LogP contribution in [0.4, 0.5) is 0 Å². The molecule has 0 aliphatic heterocycles. The van der Waals surface area contributed by atoms with E-state index < -0.39 is 5.79 Å². The zero-order valence-electron chi connectivity index (χ0n) is 8.68.